The second-order valence-electron chi connectivity index (χ2n) is 8.07. The molecule has 28 heavy (non-hydrogen) atoms. The van der Waals surface area contributed by atoms with Crippen LogP contribution in [0, 0.1) is 19.8 Å². The first kappa shape index (κ1) is 18.7. The maximum absolute atomic E-state index is 13.1. The Kier molecular flexibility index (Phi) is 5.20. The third-order valence-electron chi connectivity index (χ3n) is 5.85. The van der Waals surface area contributed by atoms with E-state index < -0.39 is 6.04 Å². The quantitative estimate of drug-likeness (QED) is 0.860. The molecule has 148 valence electrons. The number of hydrogen-bond acceptors (Lipinski definition) is 4. The van der Waals surface area contributed by atoms with Crippen molar-refractivity contribution in [2.24, 2.45) is 5.92 Å². The fourth-order valence-corrected chi connectivity index (χ4v) is 3.69. The van der Waals surface area contributed by atoms with Crippen LogP contribution in [0.2, 0.25) is 0 Å². The second-order valence-corrected chi connectivity index (χ2v) is 8.07. The van der Waals surface area contributed by atoms with Gasteiger partial charge in [0.05, 0.1) is 0 Å². The summed E-state index contributed by atoms with van der Waals surface area (Å²) in [5, 5.41) is 7.02. The van der Waals surface area contributed by atoms with Crippen molar-refractivity contribution in [2.75, 3.05) is 13.1 Å². The molecule has 1 saturated heterocycles. The predicted octanol–water partition coefficient (Wildman–Crippen LogP) is 3.48. The van der Waals surface area contributed by atoms with E-state index in [0.717, 1.165) is 30.5 Å². The van der Waals surface area contributed by atoms with Gasteiger partial charge in [-0.15, -0.1) is 0 Å². The van der Waals surface area contributed by atoms with E-state index in [1.165, 1.54) is 18.4 Å². The van der Waals surface area contributed by atoms with Gasteiger partial charge in [0, 0.05) is 24.7 Å². The third kappa shape index (κ3) is 3.96. The van der Waals surface area contributed by atoms with Gasteiger partial charge in [-0.2, -0.15) is 0 Å². The Morgan fingerprint density at radius 1 is 1.14 bits per heavy atom. The first-order chi connectivity index (χ1) is 13.5. The summed E-state index contributed by atoms with van der Waals surface area (Å²) in [5.41, 5.74) is 3.51. The first-order valence-corrected chi connectivity index (χ1v) is 10.2. The summed E-state index contributed by atoms with van der Waals surface area (Å²) in [7, 11) is 0. The molecule has 1 aromatic carbocycles. The molecule has 1 N–H and O–H groups in total. The minimum atomic E-state index is -0.415. The molecule has 2 aliphatic rings. The van der Waals surface area contributed by atoms with Gasteiger partial charge in [-0.05, 0) is 69.1 Å². The van der Waals surface area contributed by atoms with Gasteiger partial charge in [0.2, 0.25) is 5.91 Å². The normalized spacial score (nSPS) is 19.5. The lowest BCUT2D eigenvalue weighted by atomic mass is 10.0. The Hall–Kier alpha value is -2.63. The number of amides is 2. The summed E-state index contributed by atoms with van der Waals surface area (Å²) in [6.45, 7) is 5.39. The number of carbonyl (C=O) groups excluding carboxylic acids is 2. The van der Waals surface area contributed by atoms with Gasteiger partial charge in [0.25, 0.3) is 5.91 Å². The molecule has 0 bridgehead atoms. The minimum absolute atomic E-state index is 0.0437. The van der Waals surface area contributed by atoms with Crippen LogP contribution in [0.4, 0.5) is 0 Å². The molecule has 2 aromatic rings. The summed E-state index contributed by atoms with van der Waals surface area (Å²) in [5.74, 6) is 0.911. The van der Waals surface area contributed by atoms with E-state index in [4.69, 9.17) is 4.52 Å². The average Bonchev–Trinajstić information content (AvgIpc) is 3.41. The molecule has 1 atom stereocenters. The molecule has 2 amide bonds. The Labute approximate surface area is 165 Å². The van der Waals surface area contributed by atoms with Gasteiger partial charge >= 0.3 is 0 Å². The van der Waals surface area contributed by atoms with Crippen LogP contribution in [0.3, 0.4) is 0 Å². The number of piperidine rings is 1. The topological polar surface area (TPSA) is 75.4 Å². The number of nitrogens with one attached hydrogen (secondary N) is 1. The van der Waals surface area contributed by atoms with Crippen molar-refractivity contribution in [2.45, 2.75) is 52.0 Å². The predicted molar refractivity (Wildman–Crippen MR) is 106 cm³/mol. The van der Waals surface area contributed by atoms with Gasteiger partial charge in [0.1, 0.15) is 6.04 Å². The van der Waals surface area contributed by atoms with E-state index in [0.29, 0.717) is 24.6 Å². The summed E-state index contributed by atoms with van der Waals surface area (Å²) in [6.07, 6.45) is 4.93. The molecule has 4 rings (SSSR count). The van der Waals surface area contributed by atoms with Crippen LogP contribution in [-0.2, 0) is 4.79 Å². The molecule has 1 aliphatic carbocycles. The number of carbonyl (C=O) groups is 2. The molecule has 6 nitrogen and oxygen atoms in total. The average molecular weight is 381 g/mol. The van der Waals surface area contributed by atoms with Crippen LogP contribution in [0.5, 0.6) is 0 Å². The molecule has 0 radical (unpaired) electrons. The lowest BCUT2D eigenvalue weighted by Crippen LogP contribution is -2.52. The fourth-order valence-electron chi connectivity index (χ4n) is 3.69. The molecule has 1 aromatic heterocycles. The Balaban J connectivity index is 1.49. The van der Waals surface area contributed by atoms with E-state index in [2.05, 4.69) is 17.4 Å². The van der Waals surface area contributed by atoms with Gasteiger partial charge in [0.15, 0.2) is 11.5 Å². The molecule has 2 fully saturated rings. The number of rotatable bonds is 5. The Morgan fingerprint density at radius 2 is 1.96 bits per heavy atom. The molecule has 6 heteroatoms. The second kappa shape index (κ2) is 7.78. The highest BCUT2D eigenvalue weighted by atomic mass is 16.5. The number of likely N-dealkylation sites (tertiary alicyclic amines) is 1. The Morgan fingerprint density at radius 3 is 2.71 bits per heavy atom. The SMILES string of the molecule is Cc1ccc(-c2cc(C(=O)N3CCCC[C@H]3C(=O)NCC3CC3)no2)cc1C. The van der Waals surface area contributed by atoms with Crippen molar-refractivity contribution >= 4 is 11.8 Å². The van der Waals surface area contributed by atoms with Gasteiger partial charge < -0.3 is 14.7 Å². The van der Waals surface area contributed by atoms with Crippen molar-refractivity contribution in [1.29, 1.82) is 0 Å². The Bertz CT molecular complexity index is 885. The van der Waals surface area contributed by atoms with Crippen LogP contribution in [0.1, 0.15) is 53.7 Å². The van der Waals surface area contributed by atoms with Crippen molar-refractivity contribution in [1.82, 2.24) is 15.4 Å². The van der Waals surface area contributed by atoms with Crippen molar-refractivity contribution in [3.05, 3.63) is 41.1 Å². The number of aryl methyl sites for hydroxylation is 2. The maximum atomic E-state index is 13.1. The third-order valence-corrected chi connectivity index (χ3v) is 5.85. The lowest BCUT2D eigenvalue weighted by molar-refractivity contribution is -0.126. The van der Waals surface area contributed by atoms with Crippen LogP contribution in [-0.4, -0.2) is 41.0 Å². The minimum Gasteiger partial charge on any atom is -0.355 e. The molecule has 0 unspecified atom stereocenters. The van der Waals surface area contributed by atoms with Gasteiger partial charge in [-0.25, -0.2) is 0 Å². The molecular weight excluding hydrogens is 354 g/mol. The smallest absolute Gasteiger partial charge is 0.276 e. The van der Waals surface area contributed by atoms with Gasteiger partial charge in [-0.1, -0.05) is 17.3 Å². The number of nitrogens with zero attached hydrogens (tertiary/aromatic N) is 2. The molecule has 0 spiro atoms. The monoisotopic (exact) mass is 381 g/mol. The van der Waals surface area contributed by atoms with Crippen molar-refractivity contribution in [3.63, 3.8) is 0 Å². The highest BCUT2D eigenvalue weighted by Crippen LogP contribution is 2.28. The van der Waals surface area contributed by atoms with Crippen molar-refractivity contribution < 1.29 is 14.1 Å². The highest BCUT2D eigenvalue weighted by molar-refractivity contribution is 5.96. The van der Waals surface area contributed by atoms with Crippen LogP contribution < -0.4 is 5.32 Å². The zero-order chi connectivity index (χ0) is 19.7. The highest BCUT2D eigenvalue weighted by Gasteiger charge is 2.34. The molecular formula is C22H27N3O3. The maximum Gasteiger partial charge on any atom is 0.276 e. The standard InChI is InChI=1S/C22H27N3O3/c1-14-6-9-17(11-15(14)2)20-12-18(24-28-20)22(27)25-10-4-3-5-19(25)21(26)23-13-16-7-8-16/h6,9,11-12,16,19H,3-5,7-8,10,13H2,1-2H3,(H,23,26)/t19-/m0/s1. The van der Waals surface area contributed by atoms with Gasteiger partial charge in [-0.3, -0.25) is 9.59 Å². The number of hydrogen-bond donors (Lipinski definition) is 1. The van der Waals surface area contributed by atoms with Crippen LogP contribution in [0.25, 0.3) is 11.3 Å². The van der Waals surface area contributed by atoms with Crippen LogP contribution >= 0.6 is 0 Å². The zero-order valence-corrected chi connectivity index (χ0v) is 16.5. The largest absolute Gasteiger partial charge is 0.355 e. The van der Waals surface area contributed by atoms with Crippen molar-refractivity contribution in [3.8, 4) is 11.3 Å². The number of aromatic nitrogens is 1. The molecule has 1 saturated carbocycles. The molecule has 1 aliphatic heterocycles. The summed E-state index contributed by atoms with van der Waals surface area (Å²) < 4.78 is 5.44. The lowest BCUT2D eigenvalue weighted by Gasteiger charge is -2.34. The van der Waals surface area contributed by atoms with E-state index in [-0.39, 0.29) is 17.5 Å². The van der Waals surface area contributed by atoms with Crippen LogP contribution in [0.15, 0.2) is 28.8 Å². The van der Waals surface area contributed by atoms with E-state index in [1.807, 2.05) is 25.1 Å². The molecule has 2 heterocycles. The zero-order valence-electron chi connectivity index (χ0n) is 16.5. The van der Waals surface area contributed by atoms with E-state index in [9.17, 15) is 9.59 Å². The summed E-state index contributed by atoms with van der Waals surface area (Å²) in [4.78, 5) is 27.3. The van der Waals surface area contributed by atoms with E-state index >= 15 is 0 Å². The number of benzene rings is 1. The summed E-state index contributed by atoms with van der Waals surface area (Å²) in [6, 6.07) is 7.28. The first-order valence-electron chi connectivity index (χ1n) is 10.2. The fraction of sp³-hybridized carbons (Fsp3) is 0.500. The summed E-state index contributed by atoms with van der Waals surface area (Å²) >= 11 is 0. The van der Waals surface area contributed by atoms with E-state index in [1.54, 1.807) is 11.0 Å².